The number of rotatable bonds is 3. The molecule has 2 saturated heterocycles. The summed E-state index contributed by atoms with van der Waals surface area (Å²) in [7, 11) is 0. The molecule has 2 heterocycles. The van der Waals surface area contributed by atoms with Crippen LogP contribution in [0.15, 0.2) is 0 Å². The minimum Gasteiger partial charge on any atom is -0.378 e. The van der Waals surface area contributed by atoms with Crippen LogP contribution < -0.4 is 10.6 Å². The number of hydrogen-bond acceptors (Lipinski definition) is 3. The van der Waals surface area contributed by atoms with E-state index in [2.05, 4.69) is 10.6 Å². The molecule has 4 nitrogen and oxygen atoms in total. The van der Waals surface area contributed by atoms with Gasteiger partial charge in [-0.3, -0.25) is 4.79 Å². The van der Waals surface area contributed by atoms with Crippen molar-refractivity contribution in [3.63, 3.8) is 0 Å². The molecular formula is C15H26N2O2. The van der Waals surface area contributed by atoms with Gasteiger partial charge in [-0.1, -0.05) is 0 Å². The van der Waals surface area contributed by atoms with Crippen LogP contribution in [0.25, 0.3) is 0 Å². The topological polar surface area (TPSA) is 50.4 Å². The van der Waals surface area contributed by atoms with Gasteiger partial charge in [0, 0.05) is 12.6 Å². The Hall–Kier alpha value is -0.610. The summed E-state index contributed by atoms with van der Waals surface area (Å²) in [5.74, 6) is 1.83. The fourth-order valence-electron chi connectivity index (χ4n) is 3.89. The second-order valence-corrected chi connectivity index (χ2v) is 6.45. The highest BCUT2D eigenvalue weighted by Gasteiger charge is 2.34. The van der Waals surface area contributed by atoms with E-state index in [-0.39, 0.29) is 12.0 Å². The molecule has 1 aliphatic carbocycles. The highest BCUT2D eigenvalue weighted by molar-refractivity contribution is 5.76. The molecule has 3 fully saturated rings. The average Bonchev–Trinajstić information content (AvgIpc) is 2.87. The zero-order chi connectivity index (χ0) is 13.1. The molecule has 1 amide bonds. The van der Waals surface area contributed by atoms with Gasteiger partial charge in [0.15, 0.2) is 0 Å². The predicted molar refractivity (Wildman–Crippen MR) is 73.8 cm³/mol. The third-order valence-electron chi connectivity index (χ3n) is 5.01. The van der Waals surface area contributed by atoms with Crippen molar-refractivity contribution < 1.29 is 9.53 Å². The van der Waals surface area contributed by atoms with Crippen LogP contribution in [0, 0.1) is 11.8 Å². The standard InChI is InChI=1S/C15H26N2O2/c18-15(8-14-3-1-2-6-19-14)17-13-5-4-11-9-16-10-12(11)7-13/h11-14,16H,1-10H2,(H,17,18)/t11-,12+,13?,14?/m0/s1. The van der Waals surface area contributed by atoms with E-state index in [0.29, 0.717) is 12.5 Å². The maximum absolute atomic E-state index is 12.1. The van der Waals surface area contributed by atoms with Crippen molar-refractivity contribution in [1.29, 1.82) is 0 Å². The van der Waals surface area contributed by atoms with Gasteiger partial charge >= 0.3 is 0 Å². The molecular weight excluding hydrogens is 240 g/mol. The second-order valence-electron chi connectivity index (χ2n) is 6.45. The molecule has 0 radical (unpaired) electrons. The lowest BCUT2D eigenvalue weighted by Gasteiger charge is -2.32. The van der Waals surface area contributed by atoms with Crippen LogP contribution >= 0.6 is 0 Å². The van der Waals surface area contributed by atoms with E-state index in [1.807, 2.05) is 0 Å². The lowest BCUT2D eigenvalue weighted by molar-refractivity contribution is -0.125. The Morgan fingerprint density at radius 1 is 1.16 bits per heavy atom. The van der Waals surface area contributed by atoms with Crippen LogP contribution in [-0.4, -0.2) is 37.7 Å². The molecule has 2 N–H and O–H groups in total. The third-order valence-corrected chi connectivity index (χ3v) is 5.01. The van der Waals surface area contributed by atoms with Crippen LogP contribution in [0.3, 0.4) is 0 Å². The number of amides is 1. The Morgan fingerprint density at radius 3 is 2.89 bits per heavy atom. The number of carbonyl (C=O) groups excluding carboxylic acids is 1. The molecule has 0 aromatic carbocycles. The minimum absolute atomic E-state index is 0.165. The molecule has 3 aliphatic rings. The first-order chi connectivity index (χ1) is 9.31. The lowest BCUT2D eigenvalue weighted by Crippen LogP contribution is -2.42. The molecule has 108 valence electrons. The van der Waals surface area contributed by atoms with E-state index in [1.54, 1.807) is 0 Å². The summed E-state index contributed by atoms with van der Waals surface area (Å²) in [6.45, 7) is 3.15. The van der Waals surface area contributed by atoms with E-state index in [0.717, 1.165) is 50.7 Å². The molecule has 0 bridgehead atoms. The normalized spacial score (nSPS) is 38.7. The van der Waals surface area contributed by atoms with Crippen molar-refractivity contribution in [3.8, 4) is 0 Å². The summed E-state index contributed by atoms with van der Waals surface area (Å²) in [5, 5.41) is 6.70. The molecule has 0 spiro atoms. The lowest BCUT2D eigenvalue weighted by atomic mass is 9.79. The molecule has 19 heavy (non-hydrogen) atoms. The zero-order valence-electron chi connectivity index (χ0n) is 11.7. The van der Waals surface area contributed by atoms with Crippen LogP contribution in [0.5, 0.6) is 0 Å². The van der Waals surface area contributed by atoms with Gasteiger partial charge in [-0.05, 0) is 63.5 Å². The quantitative estimate of drug-likeness (QED) is 0.813. The molecule has 1 saturated carbocycles. The molecule has 3 rings (SSSR count). The zero-order valence-corrected chi connectivity index (χ0v) is 11.7. The van der Waals surface area contributed by atoms with Crippen LogP contribution in [0.2, 0.25) is 0 Å². The molecule has 0 aromatic rings. The predicted octanol–water partition coefficient (Wildman–Crippen LogP) is 1.45. The van der Waals surface area contributed by atoms with Crippen molar-refractivity contribution in [2.75, 3.05) is 19.7 Å². The van der Waals surface area contributed by atoms with Crippen LogP contribution in [-0.2, 0) is 9.53 Å². The summed E-state index contributed by atoms with van der Waals surface area (Å²) in [5.41, 5.74) is 0. The van der Waals surface area contributed by atoms with Gasteiger partial charge in [0.25, 0.3) is 0 Å². The van der Waals surface area contributed by atoms with Gasteiger partial charge in [0.05, 0.1) is 12.5 Å². The highest BCUT2D eigenvalue weighted by atomic mass is 16.5. The number of hydrogen-bond donors (Lipinski definition) is 2. The Balaban J connectivity index is 1.41. The second kappa shape index (κ2) is 6.23. The fourth-order valence-corrected chi connectivity index (χ4v) is 3.89. The van der Waals surface area contributed by atoms with Gasteiger partial charge < -0.3 is 15.4 Å². The van der Waals surface area contributed by atoms with Gasteiger partial charge in [0.2, 0.25) is 5.91 Å². The van der Waals surface area contributed by atoms with Gasteiger partial charge in [-0.2, -0.15) is 0 Å². The first-order valence-electron chi connectivity index (χ1n) is 7.93. The van der Waals surface area contributed by atoms with Crippen molar-refractivity contribution in [1.82, 2.24) is 10.6 Å². The molecule has 2 unspecified atom stereocenters. The number of ether oxygens (including phenoxy) is 1. The van der Waals surface area contributed by atoms with E-state index in [4.69, 9.17) is 4.74 Å². The highest BCUT2D eigenvalue weighted by Crippen LogP contribution is 2.32. The van der Waals surface area contributed by atoms with Crippen molar-refractivity contribution in [2.24, 2.45) is 11.8 Å². The Labute approximate surface area is 115 Å². The molecule has 2 aliphatic heterocycles. The molecule has 0 aromatic heterocycles. The largest absolute Gasteiger partial charge is 0.378 e. The number of carbonyl (C=O) groups is 1. The van der Waals surface area contributed by atoms with E-state index in [1.165, 1.54) is 19.4 Å². The summed E-state index contributed by atoms with van der Waals surface area (Å²) in [4.78, 5) is 12.1. The summed E-state index contributed by atoms with van der Waals surface area (Å²) >= 11 is 0. The number of fused-ring (bicyclic) bond motifs is 1. The van der Waals surface area contributed by atoms with Crippen LogP contribution in [0.1, 0.15) is 44.9 Å². The van der Waals surface area contributed by atoms with Crippen molar-refractivity contribution in [3.05, 3.63) is 0 Å². The third kappa shape index (κ3) is 3.48. The fraction of sp³-hybridized carbons (Fsp3) is 0.933. The van der Waals surface area contributed by atoms with Crippen LogP contribution in [0.4, 0.5) is 0 Å². The Morgan fingerprint density at radius 2 is 2.05 bits per heavy atom. The monoisotopic (exact) mass is 266 g/mol. The first-order valence-corrected chi connectivity index (χ1v) is 7.93. The summed E-state index contributed by atoms with van der Waals surface area (Å²) in [6, 6.07) is 0.400. The van der Waals surface area contributed by atoms with Crippen molar-refractivity contribution >= 4 is 5.91 Å². The smallest absolute Gasteiger partial charge is 0.222 e. The summed E-state index contributed by atoms with van der Waals surface area (Å²) < 4.78 is 5.64. The SMILES string of the molecule is O=C(CC1CCCCO1)NC1CC[C@H]2CNC[C@H]2C1. The Bertz CT molecular complexity index is 315. The average molecular weight is 266 g/mol. The number of nitrogens with one attached hydrogen (secondary N) is 2. The van der Waals surface area contributed by atoms with E-state index in [9.17, 15) is 4.79 Å². The van der Waals surface area contributed by atoms with E-state index < -0.39 is 0 Å². The first kappa shape index (κ1) is 13.4. The maximum atomic E-state index is 12.1. The maximum Gasteiger partial charge on any atom is 0.222 e. The van der Waals surface area contributed by atoms with Gasteiger partial charge in [-0.15, -0.1) is 0 Å². The van der Waals surface area contributed by atoms with Gasteiger partial charge in [0.1, 0.15) is 0 Å². The Kier molecular flexibility index (Phi) is 4.38. The molecule has 4 atom stereocenters. The van der Waals surface area contributed by atoms with Gasteiger partial charge in [-0.25, -0.2) is 0 Å². The van der Waals surface area contributed by atoms with Crippen molar-refractivity contribution in [2.45, 2.75) is 57.1 Å². The minimum atomic E-state index is 0.165. The summed E-state index contributed by atoms with van der Waals surface area (Å²) in [6.07, 6.45) is 7.71. The van der Waals surface area contributed by atoms with E-state index >= 15 is 0 Å². The molecule has 4 heteroatoms.